The summed E-state index contributed by atoms with van der Waals surface area (Å²) in [5.74, 6) is 0. The van der Waals surface area contributed by atoms with Gasteiger partial charge < -0.3 is 4.90 Å². The number of pyridine rings is 3. The van der Waals surface area contributed by atoms with Gasteiger partial charge in [-0.15, -0.1) is 0 Å². The van der Waals surface area contributed by atoms with Crippen molar-refractivity contribution in [2.24, 2.45) is 0 Å². The van der Waals surface area contributed by atoms with Crippen LogP contribution in [0.15, 0.2) is 152 Å². The third-order valence-electron chi connectivity index (χ3n) is 7.75. The van der Waals surface area contributed by atoms with Crippen LogP contribution in [0.25, 0.3) is 49.8 Å². The molecule has 0 bridgehead atoms. The number of hydrogen-bond donors (Lipinski definition) is 0. The average Bonchev–Trinajstić information content (AvgIpc) is 3.39. The molecule has 0 amide bonds. The fourth-order valence-corrected chi connectivity index (χ4v) is 5.86. The first kappa shape index (κ1) is 24.0. The van der Waals surface area contributed by atoms with E-state index in [0.717, 1.165) is 66.8 Å². The highest BCUT2D eigenvalue weighted by Gasteiger charge is 2.18. The van der Waals surface area contributed by atoms with E-state index in [1.165, 1.54) is 0 Å². The van der Waals surface area contributed by atoms with E-state index in [2.05, 4.69) is 135 Å². The van der Waals surface area contributed by atoms with Crippen LogP contribution in [0.5, 0.6) is 0 Å². The predicted octanol–water partition coefficient (Wildman–Crippen LogP) is 9.26. The van der Waals surface area contributed by atoms with Gasteiger partial charge in [-0.3, -0.25) is 4.57 Å². The Labute approximate surface area is 243 Å². The first-order valence-corrected chi connectivity index (χ1v) is 14.0. The highest BCUT2D eigenvalue weighted by molar-refractivity contribution is 6.09. The average molecular weight is 540 g/mol. The molecule has 0 radical (unpaired) electrons. The number of nitrogens with zero attached hydrogens (tertiary/aromatic N) is 5. The lowest BCUT2D eigenvalue weighted by atomic mass is 10.0. The van der Waals surface area contributed by atoms with Gasteiger partial charge in [0, 0.05) is 57.5 Å². The number of aromatic nitrogens is 4. The predicted molar refractivity (Wildman–Crippen MR) is 172 cm³/mol. The van der Waals surface area contributed by atoms with E-state index in [1.807, 2.05) is 30.6 Å². The molecule has 0 aliphatic rings. The molecule has 8 aromatic rings. The minimum atomic E-state index is 0.751. The van der Waals surface area contributed by atoms with Crippen molar-refractivity contribution < 1.29 is 0 Å². The highest BCUT2D eigenvalue weighted by Crippen LogP contribution is 2.39. The molecule has 0 atom stereocenters. The van der Waals surface area contributed by atoms with Gasteiger partial charge in [-0.2, -0.15) is 0 Å². The fraction of sp³-hybridized carbons (Fsp3) is 0. The Hall–Kier alpha value is -5.81. The number of hydrogen-bond acceptors (Lipinski definition) is 4. The van der Waals surface area contributed by atoms with Gasteiger partial charge in [0.05, 0.1) is 5.52 Å². The summed E-state index contributed by atoms with van der Waals surface area (Å²) in [6.07, 6.45) is 5.46. The van der Waals surface area contributed by atoms with Crippen molar-refractivity contribution in [3.63, 3.8) is 0 Å². The molecule has 0 fully saturated rings. The molecular formula is C37H25N5. The number of rotatable bonds is 5. The van der Waals surface area contributed by atoms with Gasteiger partial charge in [-0.1, -0.05) is 48.5 Å². The Morgan fingerprint density at radius 1 is 0.476 bits per heavy atom. The topological polar surface area (TPSA) is 46.8 Å². The molecule has 0 N–H and O–H groups in total. The molecule has 0 aliphatic heterocycles. The van der Waals surface area contributed by atoms with E-state index < -0.39 is 0 Å². The Balaban J connectivity index is 1.28. The monoisotopic (exact) mass is 539 g/mol. The van der Waals surface area contributed by atoms with Crippen molar-refractivity contribution in [2.75, 3.05) is 4.90 Å². The summed E-state index contributed by atoms with van der Waals surface area (Å²) in [5, 5.41) is 3.31. The zero-order chi connectivity index (χ0) is 27.9. The number of fused-ring (bicyclic) bond motifs is 4. The van der Waals surface area contributed by atoms with Crippen LogP contribution in [0.1, 0.15) is 0 Å². The summed E-state index contributed by atoms with van der Waals surface area (Å²) < 4.78 is 2.25. The molecule has 8 rings (SSSR count). The Kier molecular flexibility index (Phi) is 5.71. The molecule has 0 spiro atoms. The summed E-state index contributed by atoms with van der Waals surface area (Å²) in [7, 11) is 0. The van der Waals surface area contributed by atoms with Gasteiger partial charge in [-0.25, -0.2) is 15.0 Å². The molecule has 198 valence electrons. The van der Waals surface area contributed by atoms with E-state index in [1.54, 1.807) is 6.20 Å². The van der Waals surface area contributed by atoms with Gasteiger partial charge in [0.25, 0.3) is 0 Å². The van der Waals surface area contributed by atoms with Crippen LogP contribution >= 0.6 is 0 Å². The Morgan fingerprint density at radius 3 is 1.88 bits per heavy atom. The van der Waals surface area contributed by atoms with Crippen LogP contribution in [-0.4, -0.2) is 19.5 Å². The van der Waals surface area contributed by atoms with Crippen molar-refractivity contribution in [3.05, 3.63) is 152 Å². The number of para-hydroxylation sites is 2. The second kappa shape index (κ2) is 9.98. The normalized spacial score (nSPS) is 11.3. The lowest BCUT2D eigenvalue weighted by molar-refractivity contribution is 1.14. The summed E-state index contributed by atoms with van der Waals surface area (Å²) in [5.41, 5.74) is 9.41. The summed E-state index contributed by atoms with van der Waals surface area (Å²) in [6.45, 7) is 0. The maximum Gasteiger partial charge on any atom is 0.159 e. The van der Waals surface area contributed by atoms with Crippen molar-refractivity contribution in [1.29, 1.82) is 0 Å². The molecule has 0 saturated heterocycles. The van der Waals surface area contributed by atoms with Crippen molar-refractivity contribution in [2.45, 2.75) is 0 Å². The maximum atomic E-state index is 4.84. The third-order valence-corrected chi connectivity index (χ3v) is 7.75. The van der Waals surface area contributed by atoms with Gasteiger partial charge in [0.15, 0.2) is 5.65 Å². The minimum absolute atomic E-state index is 0.751. The van der Waals surface area contributed by atoms with Gasteiger partial charge in [0.2, 0.25) is 0 Å². The van der Waals surface area contributed by atoms with Crippen LogP contribution < -0.4 is 4.90 Å². The standard InChI is InChI=1S/C37H25N5/c1-3-9-27(10-4-1)41(28-11-5-2-6-12-28)30-19-20-35-34(25-30)33-14-8-23-40-37(33)42(35)29-17-15-26(16-18-29)31-21-24-39-36-32(31)13-7-22-38-36/h1-25H. The van der Waals surface area contributed by atoms with E-state index >= 15 is 0 Å². The molecule has 0 unspecified atom stereocenters. The van der Waals surface area contributed by atoms with E-state index in [9.17, 15) is 0 Å². The van der Waals surface area contributed by atoms with E-state index in [-0.39, 0.29) is 0 Å². The molecule has 42 heavy (non-hydrogen) atoms. The first-order chi connectivity index (χ1) is 20.8. The molecule has 0 aliphatic carbocycles. The van der Waals surface area contributed by atoms with E-state index in [0.29, 0.717) is 0 Å². The Morgan fingerprint density at radius 2 is 1.14 bits per heavy atom. The molecule has 5 heteroatoms. The van der Waals surface area contributed by atoms with Crippen LogP contribution in [0.2, 0.25) is 0 Å². The molecule has 0 saturated carbocycles. The molecule has 4 aromatic carbocycles. The van der Waals surface area contributed by atoms with E-state index in [4.69, 9.17) is 4.98 Å². The van der Waals surface area contributed by atoms with Crippen LogP contribution in [0.4, 0.5) is 17.1 Å². The van der Waals surface area contributed by atoms with Crippen molar-refractivity contribution in [3.8, 4) is 16.8 Å². The van der Waals surface area contributed by atoms with Crippen LogP contribution in [-0.2, 0) is 0 Å². The Bertz CT molecular complexity index is 2140. The van der Waals surface area contributed by atoms with Gasteiger partial charge >= 0.3 is 0 Å². The molecular weight excluding hydrogens is 514 g/mol. The summed E-state index contributed by atoms with van der Waals surface area (Å²) >= 11 is 0. The summed E-state index contributed by atoms with van der Waals surface area (Å²) in [4.78, 5) is 16.0. The highest BCUT2D eigenvalue weighted by atomic mass is 15.1. The molecule has 4 heterocycles. The fourth-order valence-electron chi connectivity index (χ4n) is 5.86. The van der Waals surface area contributed by atoms with Crippen molar-refractivity contribution >= 4 is 50.0 Å². The quantitative estimate of drug-likeness (QED) is 0.219. The van der Waals surface area contributed by atoms with Gasteiger partial charge in [0.1, 0.15) is 5.65 Å². The molecule has 5 nitrogen and oxygen atoms in total. The molecule has 4 aromatic heterocycles. The number of anilines is 3. The largest absolute Gasteiger partial charge is 0.310 e. The smallest absolute Gasteiger partial charge is 0.159 e. The lowest BCUT2D eigenvalue weighted by Gasteiger charge is -2.25. The third kappa shape index (κ3) is 3.99. The second-order valence-corrected chi connectivity index (χ2v) is 10.2. The lowest BCUT2D eigenvalue weighted by Crippen LogP contribution is -2.09. The SMILES string of the molecule is c1ccc(N(c2ccccc2)c2ccc3c(c2)c2cccnc2n3-c2ccc(-c3ccnc4ncccc34)cc2)cc1. The second-order valence-electron chi connectivity index (χ2n) is 10.2. The van der Waals surface area contributed by atoms with Crippen LogP contribution in [0, 0.1) is 0 Å². The zero-order valence-electron chi connectivity index (χ0n) is 22.7. The zero-order valence-corrected chi connectivity index (χ0v) is 22.7. The first-order valence-electron chi connectivity index (χ1n) is 14.0. The summed E-state index contributed by atoms with van der Waals surface area (Å²) in [6, 6.07) is 46.6. The minimum Gasteiger partial charge on any atom is -0.310 e. The van der Waals surface area contributed by atoms with Crippen molar-refractivity contribution in [1.82, 2.24) is 19.5 Å². The van der Waals surface area contributed by atoms with Crippen LogP contribution in [0.3, 0.4) is 0 Å². The van der Waals surface area contributed by atoms with Gasteiger partial charge in [-0.05, 0) is 96.1 Å². The number of benzene rings is 4. The maximum absolute atomic E-state index is 4.84.